The molecule has 0 spiro atoms. The second kappa shape index (κ2) is 6.99. The first-order valence-electron chi connectivity index (χ1n) is 5.60. The van der Waals surface area contributed by atoms with Crippen molar-refractivity contribution in [2.75, 3.05) is 12.3 Å². The van der Waals surface area contributed by atoms with E-state index in [-0.39, 0.29) is 18.6 Å². The average Bonchev–Trinajstić information content (AvgIpc) is 2.27. The van der Waals surface area contributed by atoms with Crippen molar-refractivity contribution in [3.63, 3.8) is 0 Å². The maximum atomic E-state index is 11.6. The Hall–Kier alpha value is -0.750. The Morgan fingerprint density at radius 2 is 2.00 bits per heavy atom. The third-order valence-electron chi connectivity index (χ3n) is 2.39. The van der Waals surface area contributed by atoms with E-state index in [1.54, 1.807) is 12.1 Å². The van der Waals surface area contributed by atoms with Crippen molar-refractivity contribution < 1.29 is 9.53 Å². The fourth-order valence-electron chi connectivity index (χ4n) is 1.27. The van der Waals surface area contributed by atoms with Gasteiger partial charge in [-0.15, -0.1) is 0 Å². The SMILES string of the molecule is CCC(C)NC(=O)COc1c(Br)cc(N)cc1Br. The molecular weight excluding hydrogens is 364 g/mol. The van der Waals surface area contributed by atoms with E-state index in [0.29, 0.717) is 20.4 Å². The van der Waals surface area contributed by atoms with Gasteiger partial charge in [0.05, 0.1) is 8.95 Å². The quantitative estimate of drug-likeness (QED) is 0.772. The summed E-state index contributed by atoms with van der Waals surface area (Å²) in [5.41, 5.74) is 6.29. The van der Waals surface area contributed by atoms with E-state index in [9.17, 15) is 4.79 Å². The Kier molecular flexibility index (Phi) is 5.95. The molecule has 0 heterocycles. The van der Waals surface area contributed by atoms with Crippen molar-refractivity contribution >= 4 is 43.5 Å². The molecule has 1 unspecified atom stereocenters. The highest BCUT2D eigenvalue weighted by Gasteiger charge is 2.11. The number of halogens is 2. The first kappa shape index (κ1) is 15.3. The topological polar surface area (TPSA) is 64.3 Å². The summed E-state index contributed by atoms with van der Waals surface area (Å²) in [6.07, 6.45) is 0.890. The highest BCUT2D eigenvalue weighted by Crippen LogP contribution is 2.35. The zero-order valence-corrected chi connectivity index (χ0v) is 13.5. The van der Waals surface area contributed by atoms with Gasteiger partial charge in [0, 0.05) is 11.7 Å². The Labute approximate surface area is 124 Å². The fourth-order valence-corrected chi connectivity index (χ4v) is 2.72. The Balaban J connectivity index is 2.61. The molecule has 0 aromatic heterocycles. The van der Waals surface area contributed by atoms with Gasteiger partial charge in [-0.25, -0.2) is 0 Å². The predicted octanol–water partition coefficient (Wildman–Crippen LogP) is 3.09. The molecule has 18 heavy (non-hydrogen) atoms. The van der Waals surface area contributed by atoms with Crippen molar-refractivity contribution in [1.82, 2.24) is 5.32 Å². The summed E-state index contributed by atoms with van der Waals surface area (Å²) in [5.74, 6) is 0.434. The molecule has 0 bridgehead atoms. The Morgan fingerprint density at radius 3 is 2.50 bits per heavy atom. The Morgan fingerprint density at radius 1 is 1.44 bits per heavy atom. The highest BCUT2D eigenvalue weighted by molar-refractivity contribution is 9.11. The maximum Gasteiger partial charge on any atom is 0.258 e. The fraction of sp³-hybridized carbons (Fsp3) is 0.417. The molecule has 0 radical (unpaired) electrons. The number of nitrogens with one attached hydrogen (secondary N) is 1. The van der Waals surface area contributed by atoms with Crippen molar-refractivity contribution in [1.29, 1.82) is 0 Å². The van der Waals surface area contributed by atoms with E-state index >= 15 is 0 Å². The molecule has 1 amide bonds. The number of hydrogen-bond donors (Lipinski definition) is 2. The zero-order valence-electron chi connectivity index (χ0n) is 10.3. The summed E-state index contributed by atoms with van der Waals surface area (Å²) in [5, 5.41) is 2.83. The van der Waals surface area contributed by atoms with E-state index in [1.165, 1.54) is 0 Å². The van der Waals surface area contributed by atoms with Crippen molar-refractivity contribution in [3.8, 4) is 5.75 Å². The molecular formula is C12H16Br2N2O2. The molecule has 100 valence electrons. The summed E-state index contributed by atoms with van der Waals surface area (Å²) < 4.78 is 6.90. The van der Waals surface area contributed by atoms with E-state index in [2.05, 4.69) is 37.2 Å². The molecule has 1 aromatic rings. The van der Waals surface area contributed by atoms with Crippen LogP contribution in [0.4, 0.5) is 5.69 Å². The summed E-state index contributed by atoms with van der Waals surface area (Å²) in [6.45, 7) is 3.94. The monoisotopic (exact) mass is 378 g/mol. The second-order valence-corrected chi connectivity index (χ2v) is 5.69. The van der Waals surface area contributed by atoms with Crippen LogP contribution in [0.25, 0.3) is 0 Å². The van der Waals surface area contributed by atoms with Crippen molar-refractivity contribution in [2.24, 2.45) is 0 Å². The third-order valence-corrected chi connectivity index (χ3v) is 3.57. The van der Waals surface area contributed by atoms with Gasteiger partial charge >= 0.3 is 0 Å². The normalized spacial score (nSPS) is 12.0. The minimum absolute atomic E-state index is 0.0224. The minimum Gasteiger partial charge on any atom is -0.481 e. The van der Waals surface area contributed by atoms with Gasteiger partial charge in [0.2, 0.25) is 0 Å². The molecule has 4 nitrogen and oxygen atoms in total. The number of nitrogen functional groups attached to an aromatic ring is 1. The van der Waals surface area contributed by atoms with Gasteiger partial charge in [0.1, 0.15) is 5.75 Å². The number of anilines is 1. The zero-order chi connectivity index (χ0) is 13.7. The molecule has 0 aliphatic carbocycles. The van der Waals surface area contributed by atoms with Crippen LogP contribution in [0.5, 0.6) is 5.75 Å². The molecule has 3 N–H and O–H groups in total. The van der Waals surface area contributed by atoms with Gasteiger partial charge in [0.25, 0.3) is 5.91 Å². The van der Waals surface area contributed by atoms with Gasteiger partial charge in [-0.3, -0.25) is 4.79 Å². The van der Waals surface area contributed by atoms with Crippen LogP contribution in [0, 0.1) is 0 Å². The maximum absolute atomic E-state index is 11.6. The first-order chi connectivity index (χ1) is 8.43. The van der Waals surface area contributed by atoms with Gasteiger partial charge in [-0.2, -0.15) is 0 Å². The van der Waals surface area contributed by atoms with E-state index < -0.39 is 0 Å². The molecule has 1 atom stereocenters. The molecule has 0 aliphatic rings. The smallest absolute Gasteiger partial charge is 0.258 e. The van der Waals surface area contributed by atoms with Crippen molar-refractivity contribution in [2.45, 2.75) is 26.3 Å². The minimum atomic E-state index is -0.139. The number of carbonyl (C=O) groups is 1. The lowest BCUT2D eigenvalue weighted by Gasteiger charge is -2.14. The first-order valence-corrected chi connectivity index (χ1v) is 7.19. The van der Waals surface area contributed by atoms with Crippen LogP contribution >= 0.6 is 31.9 Å². The van der Waals surface area contributed by atoms with E-state index in [1.807, 2.05) is 13.8 Å². The van der Waals surface area contributed by atoms with E-state index in [0.717, 1.165) is 6.42 Å². The standard InChI is InChI=1S/C12H16Br2N2O2/c1-3-7(2)16-11(17)6-18-12-9(13)4-8(15)5-10(12)14/h4-5,7H,3,6,15H2,1-2H3,(H,16,17). The highest BCUT2D eigenvalue weighted by atomic mass is 79.9. The van der Waals surface area contributed by atoms with Crippen LogP contribution in [0.3, 0.4) is 0 Å². The molecule has 0 saturated carbocycles. The van der Waals surface area contributed by atoms with Gasteiger partial charge in [-0.05, 0) is 57.3 Å². The molecule has 0 saturated heterocycles. The van der Waals surface area contributed by atoms with E-state index in [4.69, 9.17) is 10.5 Å². The number of carbonyl (C=O) groups excluding carboxylic acids is 1. The van der Waals surface area contributed by atoms with Crippen LogP contribution in [-0.4, -0.2) is 18.6 Å². The molecule has 6 heteroatoms. The predicted molar refractivity (Wildman–Crippen MR) is 79.6 cm³/mol. The van der Waals surface area contributed by atoms with Crippen LogP contribution in [0.2, 0.25) is 0 Å². The molecule has 1 rings (SSSR count). The lowest BCUT2D eigenvalue weighted by atomic mass is 10.2. The number of amides is 1. The van der Waals surface area contributed by atoms with Gasteiger partial charge < -0.3 is 15.8 Å². The van der Waals surface area contributed by atoms with Crippen LogP contribution in [-0.2, 0) is 4.79 Å². The molecule has 0 aliphatic heterocycles. The largest absolute Gasteiger partial charge is 0.481 e. The van der Waals surface area contributed by atoms with Crippen molar-refractivity contribution in [3.05, 3.63) is 21.1 Å². The number of rotatable bonds is 5. The number of nitrogens with two attached hydrogens (primary N) is 1. The number of ether oxygens (including phenoxy) is 1. The lowest BCUT2D eigenvalue weighted by molar-refractivity contribution is -0.123. The number of hydrogen-bond acceptors (Lipinski definition) is 3. The third kappa shape index (κ3) is 4.49. The van der Waals surface area contributed by atoms with Gasteiger partial charge in [-0.1, -0.05) is 6.92 Å². The lowest BCUT2D eigenvalue weighted by Crippen LogP contribution is -2.35. The van der Waals surface area contributed by atoms with Gasteiger partial charge in [0.15, 0.2) is 6.61 Å². The number of benzene rings is 1. The average molecular weight is 380 g/mol. The molecule has 0 fully saturated rings. The Bertz CT molecular complexity index is 415. The summed E-state index contributed by atoms with van der Waals surface area (Å²) in [6, 6.07) is 3.61. The van der Waals surface area contributed by atoms with Crippen LogP contribution in [0.15, 0.2) is 21.1 Å². The second-order valence-electron chi connectivity index (χ2n) is 3.98. The summed E-state index contributed by atoms with van der Waals surface area (Å²) in [7, 11) is 0. The molecule has 1 aromatic carbocycles. The van der Waals surface area contributed by atoms with Crippen LogP contribution < -0.4 is 15.8 Å². The summed E-state index contributed by atoms with van der Waals surface area (Å²) >= 11 is 6.69. The summed E-state index contributed by atoms with van der Waals surface area (Å²) in [4.78, 5) is 11.6. The van der Waals surface area contributed by atoms with Crippen LogP contribution in [0.1, 0.15) is 20.3 Å².